The van der Waals surface area contributed by atoms with Gasteiger partial charge in [-0.25, -0.2) is 4.98 Å². The Kier molecular flexibility index (Phi) is 3.19. The molecular weight excluding hydrogens is 285 g/mol. The minimum atomic E-state index is 0.951. The van der Waals surface area contributed by atoms with Gasteiger partial charge in [-0.3, -0.25) is 4.40 Å². The van der Waals surface area contributed by atoms with Crippen LogP contribution in [0.5, 0.6) is 0 Å². The van der Waals surface area contributed by atoms with Gasteiger partial charge in [-0.05, 0) is 0 Å². The predicted octanol–water partition coefficient (Wildman–Crippen LogP) is -11.0. The van der Waals surface area contributed by atoms with Gasteiger partial charge in [0.1, 0.15) is 62.8 Å². The average molecular weight is 302 g/mol. The summed E-state index contributed by atoms with van der Waals surface area (Å²) in [5.41, 5.74) is 15.6. The first kappa shape index (κ1) is 15.7. The molecule has 0 unspecified atom stereocenters. The minimum absolute atomic E-state index is 0.951. The second-order valence-corrected chi connectivity index (χ2v) is 7.32. The van der Waals surface area contributed by atoms with Crippen molar-refractivity contribution in [3.8, 4) is 0 Å². The standard InChI is InChI=1S/C13H17B8N3/c14-1-3(16)7(20)11-9(5(1)18)22-13-23-10-6(19)2(15)4(17)8(21)12(10)24(11)13/h14-21H2,(H,22,23). The molecule has 0 spiro atoms. The molecule has 2 aromatic heterocycles. The molecule has 4 aromatic rings. The van der Waals surface area contributed by atoms with Crippen LogP contribution in [0.15, 0.2) is 0 Å². The molecule has 24 heavy (non-hydrogen) atoms. The third-order valence-corrected chi connectivity index (χ3v) is 6.39. The van der Waals surface area contributed by atoms with Gasteiger partial charge in [-0.15, -0.1) is 0 Å². The van der Waals surface area contributed by atoms with Crippen LogP contribution in [-0.2, 0) is 0 Å². The van der Waals surface area contributed by atoms with Crippen molar-refractivity contribution < 1.29 is 0 Å². The molecule has 0 radical (unpaired) electrons. The number of rotatable bonds is 0. The number of nitrogens with one attached hydrogen (secondary N) is 1. The quantitative estimate of drug-likeness (QED) is 0.322. The second kappa shape index (κ2) is 4.87. The molecule has 2 heterocycles. The van der Waals surface area contributed by atoms with Crippen molar-refractivity contribution in [1.29, 1.82) is 0 Å². The highest BCUT2D eigenvalue weighted by Crippen LogP contribution is 2.17. The Morgan fingerprint density at radius 1 is 0.583 bits per heavy atom. The Hall–Kier alpha value is -1.77. The number of nitrogens with zero attached hydrogens (tertiary/aromatic N) is 2. The largest absolute Gasteiger partial charge is 0.324 e. The summed E-state index contributed by atoms with van der Waals surface area (Å²) in [5, 5.41) is 0. The lowest BCUT2D eigenvalue weighted by Crippen LogP contribution is -2.49. The first-order valence-corrected chi connectivity index (χ1v) is 8.62. The summed E-state index contributed by atoms with van der Waals surface area (Å²) in [6.07, 6.45) is 0. The number of aromatic amines is 1. The van der Waals surface area contributed by atoms with Gasteiger partial charge in [0.2, 0.25) is 5.78 Å². The molecule has 0 aliphatic rings. The van der Waals surface area contributed by atoms with E-state index in [-0.39, 0.29) is 0 Å². The number of H-pyrrole nitrogens is 1. The average Bonchev–Trinajstić information content (AvgIpc) is 3.10. The zero-order valence-electron chi connectivity index (χ0n) is 15.9. The molecule has 0 bridgehead atoms. The summed E-state index contributed by atoms with van der Waals surface area (Å²) in [4.78, 5) is 8.55. The monoisotopic (exact) mass is 303 g/mol. The van der Waals surface area contributed by atoms with Gasteiger partial charge in [0.05, 0.1) is 22.1 Å². The van der Waals surface area contributed by atoms with Crippen molar-refractivity contribution in [3.05, 3.63) is 0 Å². The van der Waals surface area contributed by atoms with E-state index in [1.165, 1.54) is 60.3 Å². The molecule has 2 aromatic carbocycles. The number of aromatic nitrogens is 3. The summed E-state index contributed by atoms with van der Waals surface area (Å²) in [6.45, 7) is 0. The van der Waals surface area contributed by atoms with E-state index in [2.05, 4.69) is 72.2 Å². The fourth-order valence-corrected chi connectivity index (χ4v) is 4.08. The maximum Gasteiger partial charge on any atom is 0.213 e. The van der Waals surface area contributed by atoms with E-state index in [0.29, 0.717) is 0 Å². The molecule has 0 saturated carbocycles. The molecule has 1 N–H and O–H groups in total. The highest BCUT2D eigenvalue weighted by atomic mass is 15.1. The van der Waals surface area contributed by atoms with Crippen LogP contribution < -0.4 is 43.7 Å². The molecule has 3 nitrogen and oxygen atoms in total. The normalized spacial score (nSPS) is 11.8. The Morgan fingerprint density at radius 3 is 1.71 bits per heavy atom. The first-order chi connectivity index (χ1) is 11.3. The topological polar surface area (TPSA) is 33.1 Å². The molecule has 11 heteroatoms. The van der Waals surface area contributed by atoms with Crippen LogP contribution in [0.3, 0.4) is 0 Å². The summed E-state index contributed by atoms with van der Waals surface area (Å²) in [6, 6.07) is 0. The van der Waals surface area contributed by atoms with Crippen molar-refractivity contribution >= 4 is 134 Å². The molecule has 0 aliphatic heterocycles. The SMILES string of the molecule is Bc1c(B)c(B)c2c(nc3[nH]c4c(B)c(B)c(B)c(B)c4n32)c1B. The van der Waals surface area contributed by atoms with E-state index in [0.717, 1.165) is 11.3 Å². The number of hydrogen-bond acceptors (Lipinski definition) is 1. The Morgan fingerprint density at radius 2 is 1.08 bits per heavy atom. The highest BCUT2D eigenvalue weighted by molar-refractivity contribution is 6.67. The minimum Gasteiger partial charge on any atom is -0.324 e. The van der Waals surface area contributed by atoms with Crippen molar-refractivity contribution in [2.75, 3.05) is 0 Å². The van der Waals surface area contributed by atoms with Crippen molar-refractivity contribution in [1.82, 2.24) is 14.4 Å². The van der Waals surface area contributed by atoms with E-state index < -0.39 is 0 Å². The van der Waals surface area contributed by atoms with Crippen LogP contribution in [0.2, 0.25) is 0 Å². The fraction of sp³-hybridized carbons (Fsp3) is 0. The van der Waals surface area contributed by atoms with Gasteiger partial charge in [0.15, 0.2) is 0 Å². The van der Waals surface area contributed by atoms with E-state index in [1.54, 1.807) is 0 Å². The van der Waals surface area contributed by atoms with Gasteiger partial charge in [0, 0.05) is 0 Å². The summed E-state index contributed by atoms with van der Waals surface area (Å²) < 4.78 is 2.34. The van der Waals surface area contributed by atoms with Crippen LogP contribution in [0.1, 0.15) is 0 Å². The Bertz CT molecular complexity index is 1100. The highest BCUT2D eigenvalue weighted by Gasteiger charge is 2.20. The van der Waals surface area contributed by atoms with Gasteiger partial charge in [0.25, 0.3) is 0 Å². The molecular formula is C13H17B8N3. The van der Waals surface area contributed by atoms with Gasteiger partial charge >= 0.3 is 0 Å². The first-order valence-electron chi connectivity index (χ1n) is 8.62. The summed E-state index contributed by atoms with van der Waals surface area (Å²) in [7, 11) is 17.7. The zero-order chi connectivity index (χ0) is 17.5. The van der Waals surface area contributed by atoms with Gasteiger partial charge < -0.3 is 4.98 Å². The van der Waals surface area contributed by atoms with Crippen molar-refractivity contribution in [2.24, 2.45) is 0 Å². The molecule has 0 aliphatic carbocycles. The maximum absolute atomic E-state index is 4.96. The fourth-order valence-electron chi connectivity index (χ4n) is 4.08. The number of imidazole rings is 2. The Labute approximate surface area is 149 Å². The van der Waals surface area contributed by atoms with Gasteiger partial charge in [-0.2, -0.15) is 0 Å². The molecule has 0 amide bonds. The maximum atomic E-state index is 4.96. The van der Waals surface area contributed by atoms with Crippen LogP contribution >= 0.6 is 0 Å². The van der Waals surface area contributed by atoms with E-state index >= 15 is 0 Å². The predicted molar refractivity (Wildman–Crippen MR) is 130 cm³/mol. The van der Waals surface area contributed by atoms with Crippen LogP contribution in [0, 0.1) is 0 Å². The zero-order valence-corrected chi connectivity index (χ0v) is 15.9. The summed E-state index contributed by atoms with van der Waals surface area (Å²) in [5.74, 6) is 0.951. The number of benzene rings is 2. The summed E-state index contributed by atoms with van der Waals surface area (Å²) >= 11 is 0. The third-order valence-electron chi connectivity index (χ3n) is 6.39. The van der Waals surface area contributed by atoms with Crippen LogP contribution in [-0.4, -0.2) is 77.1 Å². The van der Waals surface area contributed by atoms with E-state index in [4.69, 9.17) is 4.98 Å². The molecule has 4 rings (SSSR count). The van der Waals surface area contributed by atoms with Crippen LogP contribution in [0.25, 0.3) is 27.8 Å². The van der Waals surface area contributed by atoms with Crippen molar-refractivity contribution in [2.45, 2.75) is 0 Å². The molecule has 0 atom stereocenters. The number of hydrogen-bond donors (Lipinski definition) is 1. The lowest BCUT2D eigenvalue weighted by Gasteiger charge is -2.14. The van der Waals surface area contributed by atoms with Crippen molar-refractivity contribution in [3.63, 3.8) is 0 Å². The van der Waals surface area contributed by atoms with E-state index in [9.17, 15) is 0 Å². The molecule has 0 fully saturated rings. The molecule has 0 saturated heterocycles. The third kappa shape index (κ3) is 1.71. The molecule has 108 valence electrons. The second-order valence-electron chi connectivity index (χ2n) is 7.32. The smallest absolute Gasteiger partial charge is 0.213 e. The van der Waals surface area contributed by atoms with Gasteiger partial charge in [-0.1, -0.05) is 43.7 Å². The Balaban J connectivity index is 2.38. The lowest BCUT2D eigenvalue weighted by atomic mass is 9.65. The van der Waals surface area contributed by atoms with Crippen LogP contribution in [0.4, 0.5) is 0 Å². The lowest BCUT2D eigenvalue weighted by molar-refractivity contribution is 1.28. The van der Waals surface area contributed by atoms with E-state index in [1.807, 2.05) is 0 Å². The number of fused-ring (bicyclic) bond motifs is 5.